The van der Waals surface area contributed by atoms with E-state index in [2.05, 4.69) is 6.07 Å². The molecule has 2 nitrogen and oxygen atoms in total. The Balaban J connectivity index is 3.19. The number of halogens is 1. The lowest BCUT2D eigenvalue weighted by Gasteiger charge is -2.31. The predicted octanol–water partition coefficient (Wildman–Crippen LogP) is 3.22. The van der Waals surface area contributed by atoms with Gasteiger partial charge in [0.15, 0.2) is 0 Å². The second-order valence-corrected chi connectivity index (χ2v) is 4.83. The standard InChI is InChI=1S/C14H19FN2/c1-10(2)12(9-16)14(17(3)4)11-7-5-6-8-13(11)15/h5-8,10,12,14H,1-4H3. The Bertz CT molecular complexity index is 407. The van der Waals surface area contributed by atoms with E-state index in [0.717, 1.165) is 0 Å². The van der Waals surface area contributed by atoms with Crippen molar-refractivity contribution in [2.24, 2.45) is 11.8 Å². The molecule has 0 saturated heterocycles. The zero-order valence-electron chi connectivity index (χ0n) is 10.8. The molecule has 0 aromatic heterocycles. The molecule has 0 saturated carbocycles. The van der Waals surface area contributed by atoms with Crippen molar-refractivity contribution in [2.45, 2.75) is 19.9 Å². The summed E-state index contributed by atoms with van der Waals surface area (Å²) < 4.78 is 13.8. The van der Waals surface area contributed by atoms with Crippen molar-refractivity contribution >= 4 is 0 Å². The molecule has 0 amide bonds. The Labute approximate surface area is 103 Å². The fraction of sp³-hybridized carbons (Fsp3) is 0.500. The Morgan fingerprint density at radius 3 is 2.24 bits per heavy atom. The molecule has 2 unspecified atom stereocenters. The summed E-state index contributed by atoms with van der Waals surface area (Å²) >= 11 is 0. The van der Waals surface area contributed by atoms with Crippen molar-refractivity contribution < 1.29 is 4.39 Å². The van der Waals surface area contributed by atoms with E-state index in [4.69, 9.17) is 0 Å². The van der Waals surface area contributed by atoms with Crippen LogP contribution in [0.1, 0.15) is 25.5 Å². The first kappa shape index (κ1) is 13.7. The van der Waals surface area contributed by atoms with E-state index in [1.807, 2.05) is 38.9 Å². The fourth-order valence-corrected chi connectivity index (χ4v) is 2.09. The molecule has 0 fully saturated rings. The average Bonchev–Trinajstić information content (AvgIpc) is 2.26. The van der Waals surface area contributed by atoms with E-state index < -0.39 is 0 Å². The van der Waals surface area contributed by atoms with Crippen LogP contribution in [0.15, 0.2) is 24.3 Å². The van der Waals surface area contributed by atoms with Gasteiger partial charge in [0.2, 0.25) is 0 Å². The van der Waals surface area contributed by atoms with Crippen LogP contribution in [0, 0.1) is 29.0 Å². The first-order valence-corrected chi connectivity index (χ1v) is 5.79. The molecule has 0 heterocycles. The third kappa shape index (κ3) is 3.04. The third-order valence-corrected chi connectivity index (χ3v) is 2.99. The molecule has 0 aliphatic carbocycles. The van der Waals surface area contributed by atoms with Gasteiger partial charge in [-0.1, -0.05) is 32.0 Å². The molecule has 1 rings (SSSR count). The van der Waals surface area contributed by atoms with E-state index in [1.54, 1.807) is 12.1 Å². The summed E-state index contributed by atoms with van der Waals surface area (Å²) in [5, 5.41) is 9.27. The molecule has 1 aromatic rings. The third-order valence-electron chi connectivity index (χ3n) is 2.99. The lowest BCUT2D eigenvalue weighted by Crippen LogP contribution is -2.30. The highest BCUT2D eigenvalue weighted by molar-refractivity contribution is 5.23. The smallest absolute Gasteiger partial charge is 0.128 e. The van der Waals surface area contributed by atoms with E-state index in [9.17, 15) is 9.65 Å². The van der Waals surface area contributed by atoms with Gasteiger partial charge in [-0.05, 0) is 26.1 Å². The Morgan fingerprint density at radius 2 is 1.82 bits per heavy atom. The van der Waals surface area contributed by atoms with Gasteiger partial charge in [0.25, 0.3) is 0 Å². The molecule has 1 aromatic carbocycles. The van der Waals surface area contributed by atoms with Crippen LogP contribution in [-0.2, 0) is 0 Å². The minimum atomic E-state index is -0.243. The summed E-state index contributed by atoms with van der Waals surface area (Å²) in [6, 6.07) is 8.77. The van der Waals surface area contributed by atoms with Crippen LogP contribution in [0.2, 0.25) is 0 Å². The van der Waals surface area contributed by atoms with Gasteiger partial charge in [0.1, 0.15) is 5.82 Å². The van der Waals surface area contributed by atoms with E-state index in [1.165, 1.54) is 6.07 Å². The van der Waals surface area contributed by atoms with Gasteiger partial charge in [-0.25, -0.2) is 4.39 Å². The van der Waals surface area contributed by atoms with Crippen molar-refractivity contribution in [1.82, 2.24) is 4.90 Å². The SMILES string of the molecule is CC(C)C(C#N)C(c1ccccc1F)N(C)C. The molecule has 17 heavy (non-hydrogen) atoms. The molecule has 0 spiro atoms. The van der Waals surface area contributed by atoms with E-state index in [-0.39, 0.29) is 23.7 Å². The lowest BCUT2D eigenvalue weighted by molar-refractivity contribution is 0.205. The first-order valence-electron chi connectivity index (χ1n) is 5.79. The average molecular weight is 234 g/mol. The van der Waals surface area contributed by atoms with Crippen molar-refractivity contribution in [2.75, 3.05) is 14.1 Å². The quantitative estimate of drug-likeness (QED) is 0.799. The van der Waals surface area contributed by atoms with Gasteiger partial charge >= 0.3 is 0 Å². The highest BCUT2D eigenvalue weighted by Gasteiger charge is 2.29. The Kier molecular flexibility index (Phi) is 4.65. The zero-order valence-corrected chi connectivity index (χ0v) is 10.8. The van der Waals surface area contributed by atoms with Crippen LogP contribution in [0.4, 0.5) is 4.39 Å². The summed E-state index contributed by atoms with van der Waals surface area (Å²) in [4.78, 5) is 1.91. The highest BCUT2D eigenvalue weighted by atomic mass is 19.1. The van der Waals surface area contributed by atoms with Crippen molar-refractivity contribution in [3.05, 3.63) is 35.6 Å². The minimum Gasteiger partial charge on any atom is -0.301 e. The maximum atomic E-state index is 13.8. The van der Waals surface area contributed by atoms with Crippen LogP contribution < -0.4 is 0 Å². The second-order valence-electron chi connectivity index (χ2n) is 4.83. The van der Waals surface area contributed by atoms with E-state index >= 15 is 0 Å². The Hall–Kier alpha value is -1.40. The number of nitriles is 1. The summed E-state index contributed by atoms with van der Waals surface area (Å²) in [7, 11) is 3.76. The number of benzene rings is 1. The molecular weight excluding hydrogens is 215 g/mol. The fourth-order valence-electron chi connectivity index (χ4n) is 2.09. The second kappa shape index (κ2) is 5.79. The van der Waals surface area contributed by atoms with Crippen LogP contribution in [0.5, 0.6) is 0 Å². The molecule has 92 valence electrons. The summed E-state index contributed by atoms with van der Waals surface area (Å²) in [6.07, 6.45) is 0. The maximum absolute atomic E-state index is 13.8. The maximum Gasteiger partial charge on any atom is 0.128 e. The molecule has 0 radical (unpaired) electrons. The van der Waals surface area contributed by atoms with Crippen molar-refractivity contribution in [3.63, 3.8) is 0 Å². The summed E-state index contributed by atoms with van der Waals surface area (Å²) in [5.74, 6) is -0.277. The van der Waals surface area contributed by atoms with Crippen molar-refractivity contribution in [1.29, 1.82) is 5.26 Å². The van der Waals surface area contributed by atoms with Gasteiger partial charge < -0.3 is 4.90 Å². The molecule has 0 bridgehead atoms. The highest BCUT2D eigenvalue weighted by Crippen LogP contribution is 2.32. The van der Waals surface area contributed by atoms with Gasteiger partial charge in [-0.3, -0.25) is 0 Å². The van der Waals surface area contributed by atoms with Crippen LogP contribution in [-0.4, -0.2) is 19.0 Å². The van der Waals surface area contributed by atoms with Crippen LogP contribution >= 0.6 is 0 Å². The molecule has 0 aliphatic heterocycles. The zero-order chi connectivity index (χ0) is 13.0. The Morgan fingerprint density at radius 1 is 1.24 bits per heavy atom. The topological polar surface area (TPSA) is 27.0 Å². The first-order chi connectivity index (χ1) is 7.99. The van der Waals surface area contributed by atoms with Crippen LogP contribution in [0.25, 0.3) is 0 Å². The monoisotopic (exact) mass is 234 g/mol. The number of hydrogen-bond donors (Lipinski definition) is 0. The largest absolute Gasteiger partial charge is 0.301 e. The normalized spacial score (nSPS) is 14.7. The molecule has 0 aliphatic rings. The van der Waals surface area contributed by atoms with Crippen LogP contribution in [0.3, 0.4) is 0 Å². The van der Waals surface area contributed by atoms with Gasteiger partial charge in [-0.2, -0.15) is 5.26 Å². The minimum absolute atomic E-state index is 0.187. The molecule has 3 heteroatoms. The molecule has 2 atom stereocenters. The predicted molar refractivity (Wildman–Crippen MR) is 66.8 cm³/mol. The van der Waals surface area contributed by atoms with Gasteiger partial charge in [-0.15, -0.1) is 0 Å². The summed E-state index contributed by atoms with van der Waals surface area (Å²) in [5.41, 5.74) is 0.595. The number of hydrogen-bond acceptors (Lipinski definition) is 2. The molecule has 0 N–H and O–H groups in total. The van der Waals surface area contributed by atoms with Crippen molar-refractivity contribution in [3.8, 4) is 6.07 Å². The lowest BCUT2D eigenvalue weighted by atomic mass is 9.85. The van der Waals surface area contributed by atoms with Gasteiger partial charge in [0, 0.05) is 5.56 Å². The molecular formula is C14H19FN2. The van der Waals surface area contributed by atoms with E-state index in [0.29, 0.717) is 5.56 Å². The van der Waals surface area contributed by atoms with Gasteiger partial charge in [0.05, 0.1) is 18.0 Å². The number of nitrogens with zero attached hydrogens (tertiary/aromatic N) is 2. The number of rotatable bonds is 4. The summed E-state index contributed by atoms with van der Waals surface area (Å²) in [6.45, 7) is 3.98.